The maximum atomic E-state index is 12.3. The van der Waals surface area contributed by atoms with Crippen LogP contribution in [-0.2, 0) is 4.79 Å². The SMILES string of the molecule is CC1(C(=O)Nc2ccc(I)cc2Cl)CCCC1N. The van der Waals surface area contributed by atoms with Crippen molar-refractivity contribution in [3.05, 3.63) is 26.8 Å². The van der Waals surface area contributed by atoms with Crippen molar-refractivity contribution in [2.45, 2.75) is 32.2 Å². The van der Waals surface area contributed by atoms with E-state index in [1.807, 2.05) is 25.1 Å². The number of halogens is 2. The predicted molar refractivity (Wildman–Crippen MR) is 82.7 cm³/mol. The molecule has 1 fully saturated rings. The number of anilines is 1. The van der Waals surface area contributed by atoms with Crippen LogP contribution in [0, 0.1) is 8.99 Å². The third kappa shape index (κ3) is 2.65. The van der Waals surface area contributed by atoms with Crippen LogP contribution in [0.2, 0.25) is 5.02 Å². The van der Waals surface area contributed by atoms with Gasteiger partial charge in [0.15, 0.2) is 0 Å². The number of amides is 1. The Morgan fingerprint density at radius 2 is 2.33 bits per heavy atom. The van der Waals surface area contributed by atoms with Gasteiger partial charge in [-0.25, -0.2) is 0 Å². The highest BCUT2D eigenvalue weighted by atomic mass is 127. The van der Waals surface area contributed by atoms with Gasteiger partial charge >= 0.3 is 0 Å². The third-order valence-corrected chi connectivity index (χ3v) is 4.71. The van der Waals surface area contributed by atoms with E-state index in [2.05, 4.69) is 27.9 Å². The Morgan fingerprint density at radius 3 is 2.89 bits per heavy atom. The highest BCUT2D eigenvalue weighted by Crippen LogP contribution is 2.38. The summed E-state index contributed by atoms with van der Waals surface area (Å²) in [5.74, 6) is -0.0318. The quantitative estimate of drug-likeness (QED) is 0.775. The molecule has 3 nitrogen and oxygen atoms in total. The second kappa shape index (κ2) is 5.35. The van der Waals surface area contributed by atoms with E-state index in [0.29, 0.717) is 10.7 Å². The number of carbonyl (C=O) groups is 1. The number of nitrogens with one attached hydrogen (secondary N) is 1. The lowest BCUT2D eigenvalue weighted by Crippen LogP contribution is -2.44. The van der Waals surface area contributed by atoms with Crippen molar-refractivity contribution >= 4 is 45.8 Å². The van der Waals surface area contributed by atoms with Crippen LogP contribution >= 0.6 is 34.2 Å². The van der Waals surface area contributed by atoms with E-state index in [1.165, 1.54) is 0 Å². The molecule has 1 aromatic rings. The van der Waals surface area contributed by atoms with Crippen LogP contribution in [-0.4, -0.2) is 11.9 Å². The van der Waals surface area contributed by atoms with E-state index in [4.69, 9.17) is 17.3 Å². The first kappa shape index (κ1) is 14.1. The van der Waals surface area contributed by atoms with E-state index in [1.54, 1.807) is 0 Å². The van der Waals surface area contributed by atoms with Gasteiger partial charge in [0.2, 0.25) is 5.91 Å². The van der Waals surface area contributed by atoms with Crippen molar-refractivity contribution in [2.24, 2.45) is 11.1 Å². The summed E-state index contributed by atoms with van der Waals surface area (Å²) < 4.78 is 1.04. The van der Waals surface area contributed by atoms with Crippen molar-refractivity contribution in [1.29, 1.82) is 0 Å². The Kier molecular flexibility index (Phi) is 4.18. The van der Waals surface area contributed by atoms with E-state index in [9.17, 15) is 4.79 Å². The van der Waals surface area contributed by atoms with Gasteiger partial charge < -0.3 is 11.1 Å². The highest BCUT2D eigenvalue weighted by Gasteiger charge is 2.43. The molecule has 1 saturated carbocycles. The highest BCUT2D eigenvalue weighted by molar-refractivity contribution is 14.1. The minimum absolute atomic E-state index is 0.0318. The van der Waals surface area contributed by atoms with E-state index in [0.717, 1.165) is 22.8 Å². The molecule has 2 atom stereocenters. The molecule has 1 aliphatic carbocycles. The smallest absolute Gasteiger partial charge is 0.231 e. The third-order valence-electron chi connectivity index (χ3n) is 3.73. The van der Waals surface area contributed by atoms with Crippen LogP contribution in [0.25, 0.3) is 0 Å². The molecule has 1 aliphatic rings. The first-order valence-electron chi connectivity index (χ1n) is 5.95. The Bertz CT molecular complexity index is 480. The molecule has 3 N–H and O–H groups in total. The van der Waals surface area contributed by atoms with Crippen LogP contribution in [0.15, 0.2) is 18.2 Å². The number of hydrogen-bond acceptors (Lipinski definition) is 2. The zero-order valence-electron chi connectivity index (χ0n) is 10.2. The van der Waals surface area contributed by atoms with Gasteiger partial charge in [0, 0.05) is 9.61 Å². The second-order valence-corrected chi connectivity index (χ2v) is 6.65. The second-order valence-electron chi connectivity index (χ2n) is 4.99. The standard InChI is InChI=1S/C13H16ClIN2O/c1-13(6-2-3-11(13)16)12(18)17-10-5-4-8(15)7-9(10)14/h4-5,7,11H,2-3,6,16H2,1H3,(H,17,18). The molecule has 1 amide bonds. The zero-order valence-corrected chi connectivity index (χ0v) is 13.1. The van der Waals surface area contributed by atoms with Crippen molar-refractivity contribution < 1.29 is 4.79 Å². The normalized spacial score (nSPS) is 27.2. The van der Waals surface area contributed by atoms with Gasteiger partial charge in [-0.05, 0) is 60.6 Å². The molecule has 98 valence electrons. The summed E-state index contributed by atoms with van der Waals surface area (Å²) >= 11 is 8.29. The molecular formula is C13H16ClIN2O. The Balaban J connectivity index is 2.16. The van der Waals surface area contributed by atoms with Gasteiger partial charge in [0.05, 0.1) is 16.1 Å². The maximum absolute atomic E-state index is 12.3. The fourth-order valence-corrected chi connectivity index (χ4v) is 3.23. The summed E-state index contributed by atoms with van der Waals surface area (Å²) in [6.45, 7) is 1.93. The first-order chi connectivity index (χ1) is 8.43. The monoisotopic (exact) mass is 378 g/mol. The van der Waals surface area contributed by atoms with Gasteiger partial charge in [-0.2, -0.15) is 0 Å². The Labute approximate surface area is 126 Å². The van der Waals surface area contributed by atoms with Gasteiger partial charge in [-0.3, -0.25) is 4.79 Å². The number of hydrogen-bond donors (Lipinski definition) is 2. The Morgan fingerprint density at radius 1 is 1.61 bits per heavy atom. The molecule has 0 radical (unpaired) electrons. The molecular weight excluding hydrogens is 363 g/mol. The molecule has 0 bridgehead atoms. The molecule has 18 heavy (non-hydrogen) atoms. The molecule has 2 rings (SSSR count). The molecule has 2 unspecified atom stereocenters. The lowest BCUT2D eigenvalue weighted by molar-refractivity contribution is -0.125. The topological polar surface area (TPSA) is 55.1 Å². The van der Waals surface area contributed by atoms with Gasteiger partial charge in [-0.1, -0.05) is 18.0 Å². The van der Waals surface area contributed by atoms with Crippen LogP contribution < -0.4 is 11.1 Å². The lowest BCUT2D eigenvalue weighted by atomic mass is 9.84. The minimum Gasteiger partial charge on any atom is -0.327 e. The molecule has 0 heterocycles. The average Bonchev–Trinajstić information content (AvgIpc) is 2.64. The maximum Gasteiger partial charge on any atom is 0.231 e. The molecule has 0 saturated heterocycles. The number of nitrogens with two attached hydrogens (primary N) is 1. The minimum atomic E-state index is -0.480. The van der Waals surface area contributed by atoms with Gasteiger partial charge in [-0.15, -0.1) is 0 Å². The van der Waals surface area contributed by atoms with Crippen LogP contribution in [0.3, 0.4) is 0 Å². The Hall–Kier alpha value is -0.330. The summed E-state index contributed by atoms with van der Waals surface area (Å²) in [6.07, 6.45) is 2.75. The fourth-order valence-electron chi connectivity index (χ4n) is 2.33. The van der Waals surface area contributed by atoms with Gasteiger partial charge in [0.25, 0.3) is 0 Å². The van der Waals surface area contributed by atoms with Crippen LogP contribution in [0.5, 0.6) is 0 Å². The lowest BCUT2D eigenvalue weighted by Gasteiger charge is -2.27. The van der Waals surface area contributed by atoms with Crippen molar-refractivity contribution in [2.75, 3.05) is 5.32 Å². The molecule has 0 aromatic heterocycles. The first-order valence-corrected chi connectivity index (χ1v) is 7.41. The summed E-state index contributed by atoms with van der Waals surface area (Å²) in [5.41, 5.74) is 6.21. The number of benzene rings is 1. The molecule has 5 heteroatoms. The largest absolute Gasteiger partial charge is 0.327 e. The van der Waals surface area contributed by atoms with Crippen molar-refractivity contribution in [3.63, 3.8) is 0 Å². The fraction of sp³-hybridized carbons (Fsp3) is 0.462. The van der Waals surface area contributed by atoms with Crippen molar-refractivity contribution in [3.8, 4) is 0 Å². The summed E-state index contributed by atoms with van der Waals surface area (Å²) in [7, 11) is 0. The average molecular weight is 379 g/mol. The van der Waals surface area contributed by atoms with Crippen LogP contribution in [0.1, 0.15) is 26.2 Å². The van der Waals surface area contributed by atoms with Gasteiger partial charge in [0.1, 0.15) is 0 Å². The van der Waals surface area contributed by atoms with E-state index in [-0.39, 0.29) is 11.9 Å². The molecule has 0 spiro atoms. The molecule has 0 aliphatic heterocycles. The molecule has 1 aromatic carbocycles. The summed E-state index contributed by atoms with van der Waals surface area (Å²) in [6, 6.07) is 5.50. The zero-order chi connectivity index (χ0) is 13.3. The summed E-state index contributed by atoms with van der Waals surface area (Å²) in [5, 5.41) is 3.46. The predicted octanol–water partition coefficient (Wildman–Crippen LogP) is 3.40. The summed E-state index contributed by atoms with van der Waals surface area (Å²) in [4.78, 5) is 12.3. The number of carbonyl (C=O) groups excluding carboxylic acids is 1. The van der Waals surface area contributed by atoms with E-state index < -0.39 is 5.41 Å². The van der Waals surface area contributed by atoms with E-state index >= 15 is 0 Å². The number of rotatable bonds is 2. The van der Waals surface area contributed by atoms with Crippen molar-refractivity contribution in [1.82, 2.24) is 0 Å². The van der Waals surface area contributed by atoms with Crippen LogP contribution in [0.4, 0.5) is 5.69 Å².